The Balaban J connectivity index is 1.68. The first-order chi connectivity index (χ1) is 12.4. The fraction of sp³-hybridized carbons (Fsp3) is 0.824. The van der Waals surface area contributed by atoms with E-state index in [1.165, 1.54) is 24.6 Å². The van der Waals surface area contributed by atoms with E-state index in [2.05, 4.69) is 21.7 Å². The monoisotopic (exact) mass is 400 g/mol. The number of carbonyl (C=O) groups excluding carboxylic acids is 1. The largest absolute Gasteiger partial charge is 0.335 e. The molecule has 1 amide bonds. The number of sulfone groups is 1. The van der Waals surface area contributed by atoms with Crippen molar-refractivity contribution in [1.29, 1.82) is 0 Å². The van der Waals surface area contributed by atoms with Crippen LogP contribution in [-0.2, 0) is 21.2 Å². The second kappa shape index (κ2) is 7.88. The number of hydrogen-bond donors (Lipinski definition) is 0. The van der Waals surface area contributed by atoms with Crippen molar-refractivity contribution >= 4 is 27.5 Å². The second-order valence-electron chi connectivity index (χ2n) is 7.26. The topological polar surface area (TPSA) is 85.2 Å². The first kappa shape index (κ1) is 19.7. The van der Waals surface area contributed by atoms with Crippen molar-refractivity contribution in [3.05, 3.63) is 5.82 Å². The van der Waals surface area contributed by atoms with Gasteiger partial charge >= 0.3 is 0 Å². The third-order valence-corrected chi connectivity index (χ3v) is 7.99. The standard InChI is InChI=1S/C17H28N4O3S2/c1-4-12(3)21(14-8-9-26(23,24)11-14)15(22)10-25-17-19-18-16(13-6-7-13)20(17)5-2/h12-14H,4-11H2,1-3H3/t12-,14-/m0/s1. The Bertz CT molecular complexity index is 758. The molecule has 1 aromatic rings. The van der Waals surface area contributed by atoms with Gasteiger partial charge in [-0.05, 0) is 39.5 Å². The number of hydrogen-bond acceptors (Lipinski definition) is 6. The lowest BCUT2D eigenvalue weighted by atomic mass is 10.1. The molecule has 1 saturated carbocycles. The summed E-state index contributed by atoms with van der Waals surface area (Å²) in [5.74, 6) is 2.08. The van der Waals surface area contributed by atoms with E-state index in [0.29, 0.717) is 12.3 Å². The molecular weight excluding hydrogens is 372 g/mol. The zero-order valence-corrected chi connectivity index (χ0v) is 17.4. The van der Waals surface area contributed by atoms with Crippen LogP contribution in [0.3, 0.4) is 0 Å². The lowest BCUT2D eigenvalue weighted by Gasteiger charge is -2.33. The summed E-state index contributed by atoms with van der Waals surface area (Å²) in [5, 5.41) is 9.37. The third-order valence-electron chi connectivity index (χ3n) is 5.28. The highest BCUT2D eigenvalue weighted by atomic mass is 32.2. The van der Waals surface area contributed by atoms with Gasteiger partial charge in [-0.15, -0.1) is 10.2 Å². The van der Waals surface area contributed by atoms with Crippen LogP contribution in [0.25, 0.3) is 0 Å². The Morgan fingerprint density at radius 1 is 1.31 bits per heavy atom. The number of thioether (sulfide) groups is 1. The predicted octanol–water partition coefficient (Wildman–Crippen LogP) is 2.08. The van der Waals surface area contributed by atoms with Crippen LogP contribution >= 0.6 is 11.8 Å². The molecule has 1 aliphatic heterocycles. The van der Waals surface area contributed by atoms with Crippen molar-refractivity contribution in [2.45, 2.75) is 76.2 Å². The Kier molecular flexibility index (Phi) is 5.96. The van der Waals surface area contributed by atoms with Gasteiger partial charge in [0.15, 0.2) is 15.0 Å². The van der Waals surface area contributed by atoms with Gasteiger partial charge < -0.3 is 9.47 Å². The van der Waals surface area contributed by atoms with E-state index in [-0.39, 0.29) is 35.2 Å². The zero-order valence-electron chi connectivity index (χ0n) is 15.7. The molecule has 1 aromatic heterocycles. The molecule has 0 unspecified atom stereocenters. The maximum atomic E-state index is 12.9. The van der Waals surface area contributed by atoms with Crippen molar-refractivity contribution in [2.75, 3.05) is 17.3 Å². The van der Waals surface area contributed by atoms with E-state index >= 15 is 0 Å². The Morgan fingerprint density at radius 3 is 2.58 bits per heavy atom. The second-order valence-corrected chi connectivity index (χ2v) is 10.4. The Morgan fingerprint density at radius 2 is 2.04 bits per heavy atom. The van der Waals surface area contributed by atoms with Gasteiger partial charge in [0.1, 0.15) is 5.82 Å². The summed E-state index contributed by atoms with van der Waals surface area (Å²) in [4.78, 5) is 14.7. The van der Waals surface area contributed by atoms with Gasteiger partial charge in [0.05, 0.1) is 17.3 Å². The molecule has 2 heterocycles. The average molecular weight is 401 g/mol. The molecule has 1 saturated heterocycles. The minimum Gasteiger partial charge on any atom is -0.335 e. The van der Waals surface area contributed by atoms with Crippen molar-refractivity contribution in [3.63, 3.8) is 0 Å². The highest BCUT2D eigenvalue weighted by Crippen LogP contribution is 2.40. The SMILES string of the molecule is CC[C@H](C)N(C(=O)CSc1nnc(C2CC2)n1CC)[C@H]1CCS(=O)(=O)C1. The van der Waals surface area contributed by atoms with E-state index in [1.54, 1.807) is 4.90 Å². The van der Waals surface area contributed by atoms with E-state index in [0.717, 1.165) is 23.9 Å². The molecule has 0 bridgehead atoms. The summed E-state index contributed by atoms with van der Waals surface area (Å²) < 4.78 is 25.8. The van der Waals surface area contributed by atoms with E-state index in [9.17, 15) is 13.2 Å². The highest BCUT2D eigenvalue weighted by Gasteiger charge is 2.36. The van der Waals surface area contributed by atoms with Gasteiger partial charge in [0.25, 0.3) is 0 Å². The number of aromatic nitrogens is 3. The van der Waals surface area contributed by atoms with Gasteiger partial charge in [-0.25, -0.2) is 8.42 Å². The molecule has 2 aliphatic rings. The van der Waals surface area contributed by atoms with Gasteiger partial charge in [0.2, 0.25) is 5.91 Å². The molecule has 9 heteroatoms. The van der Waals surface area contributed by atoms with Crippen molar-refractivity contribution in [2.24, 2.45) is 0 Å². The summed E-state index contributed by atoms with van der Waals surface area (Å²) in [7, 11) is -3.02. The molecule has 2 atom stereocenters. The minimum absolute atomic E-state index is 0.00919. The molecular formula is C17H28N4O3S2. The van der Waals surface area contributed by atoms with Crippen LogP contribution in [0, 0.1) is 0 Å². The zero-order chi connectivity index (χ0) is 18.9. The average Bonchev–Trinajstić information content (AvgIpc) is 3.27. The molecule has 1 aliphatic carbocycles. The van der Waals surface area contributed by atoms with Crippen LogP contribution < -0.4 is 0 Å². The van der Waals surface area contributed by atoms with Gasteiger partial charge in [-0.3, -0.25) is 4.79 Å². The fourth-order valence-corrected chi connectivity index (χ4v) is 6.14. The molecule has 146 valence electrons. The first-order valence-electron chi connectivity index (χ1n) is 9.43. The molecule has 0 radical (unpaired) electrons. The highest BCUT2D eigenvalue weighted by molar-refractivity contribution is 7.99. The quantitative estimate of drug-likeness (QED) is 0.621. The third kappa shape index (κ3) is 4.24. The Hall–Kier alpha value is -1.09. The lowest BCUT2D eigenvalue weighted by Crippen LogP contribution is -2.47. The summed E-state index contributed by atoms with van der Waals surface area (Å²) in [6.45, 7) is 6.88. The van der Waals surface area contributed by atoms with Crippen molar-refractivity contribution in [3.8, 4) is 0 Å². The lowest BCUT2D eigenvalue weighted by molar-refractivity contribution is -0.132. The number of amides is 1. The molecule has 0 spiro atoms. The van der Waals surface area contributed by atoms with Gasteiger partial charge in [-0.2, -0.15) is 0 Å². The van der Waals surface area contributed by atoms with Crippen LogP contribution in [0.15, 0.2) is 5.16 Å². The summed E-state index contributed by atoms with van der Waals surface area (Å²) in [6, 6.07) is -0.165. The van der Waals surface area contributed by atoms with Crippen LogP contribution in [0.4, 0.5) is 0 Å². The smallest absolute Gasteiger partial charge is 0.233 e. The van der Waals surface area contributed by atoms with Crippen molar-refractivity contribution in [1.82, 2.24) is 19.7 Å². The summed E-state index contributed by atoms with van der Waals surface area (Å²) in [6.07, 6.45) is 3.68. The van der Waals surface area contributed by atoms with Crippen LogP contribution in [-0.4, -0.2) is 63.3 Å². The molecule has 2 fully saturated rings. The maximum absolute atomic E-state index is 12.9. The van der Waals surface area contributed by atoms with Crippen LogP contribution in [0.5, 0.6) is 0 Å². The van der Waals surface area contributed by atoms with E-state index in [1.807, 2.05) is 13.8 Å². The molecule has 7 nitrogen and oxygen atoms in total. The Labute approximate surface area is 159 Å². The molecule has 0 N–H and O–H groups in total. The summed E-state index contributed by atoms with van der Waals surface area (Å²) in [5.41, 5.74) is 0. The maximum Gasteiger partial charge on any atom is 0.233 e. The van der Waals surface area contributed by atoms with E-state index < -0.39 is 9.84 Å². The summed E-state index contributed by atoms with van der Waals surface area (Å²) >= 11 is 1.41. The molecule has 3 rings (SSSR count). The minimum atomic E-state index is -3.02. The van der Waals surface area contributed by atoms with E-state index in [4.69, 9.17) is 0 Å². The number of rotatable bonds is 8. The van der Waals surface area contributed by atoms with Crippen LogP contribution in [0.2, 0.25) is 0 Å². The fourth-order valence-electron chi connectivity index (χ4n) is 3.55. The van der Waals surface area contributed by atoms with Gasteiger partial charge in [-0.1, -0.05) is 18.7 Å². The van der Waals surface area contributed by atoms with Gasteiger partial charge in [0, 0.05) is 24.5 Å². The predicted molar refractivity (Wildman–Crippen MR) is 102 cm³/mol. The van der Waals surface area contributed by atoms with Crippen molar-refractivity contribution < 1.29 is 13.2 Å². The number of carbonyl (C=O) groups is 1. The number of nitrogens with zero attached hydrogens (tertiary/aromatic N) is 4. The normalized spacial score (nSPS) is 23.1. The molecule has 0 aromatic carbocycles. The first-order valence-corrected chi connectivity index (χ1v) is 12.2. The van der Waals surface area contributed by atoms with Crippen LogP contribution in [0.1, 0.15) is 58.2 Å². The molecule has 26 heavy (non-hydrogen) atoms.